The second-order valence-electron chi connectivity index (χ2n) is 4.33. The number of carbonyl (C=O) groups excluding carboxylic acids is 1. The fourth-order valence-electron chi connectivity index (χ4n) is 1.55. The third kappa shape index (κ3) is 2.77. The van der Waals surface area contributed by atoms with Gasteiger partial charge in [-0.1, -0.05) is 39.8 Å². The van der Waals surface area contributed by atoms with Crippen LogP contribution in [-0.4, -0.2) is 6.08 Å². The molecular weight excluding hydrogens is 186 g/mol. The van der Waals surface area contributed by atoms with Gasteiger partial charge in [0, 0.05) is 0 Å². The molecule has 1 rings (SSSR count). The standard InChI is InChI=1S/C13H17NO/c1-9(2)11-5-6-13(14-8-15)12(7-11)10(3)4/h5-7,9-10H,1-4H3. The van der Waals surface area contributed by atoms with Gasteiger partial charge < -0.3 is 0 Å². The Morgan fingerprint density at radius 1 is 1.13 bits per heavy atom. The zero-order valence-corrected chi connectivity index (χ0v) is 9.74. The molecule has 0 N–H and O–H groups in total. The lowest BCUT2D eigenvalue weighted by Crippen LogP contribution is -1.93. The van der Waals surface area contributed by atoms with Gasteiger partial charge in [0.1, 0.15) is 0 Å². The maximum absolute atomic E-state index is 10.3. The molecule has 0 fully saturated rings. The first-order valence-corrected chi connectivity index (χ1v) is 5.28. The van der Waals surface area contributed by atoms with Crippen LogP contribution in [0.2, 0.25) is 0 Å². The first-order valence-electron chi connectivity index (χ1n) is 5.28. The Hall–Kier alpha value is -1.40. The normalized spacial score (nSPS) is 10.5. The Bertz CT molecular complexity index is 388. The second-order valence-corrected chi connectivity index (χ2v) is 4.33. The van der Waals surface area contributed by atoms with Gasteiger partial charge in [0.25, 0.3) is 0 Å². The molecule has 15 heavy (non-hydrogen) atoms. The van der Waals surface area contributed by atoms with Gasteiger partial charge in [0.05, 0.1) is 5.69 Å². The molecule has 0 aliphatic rings. The van der Waals surface area contributed by atoms with Gasteiger partial charge in [-0.15, -0.1) is 0 Å². The molecule has 0 saturated heterocycles. The van der Waals surface area contributed by atoms with E-state index in [2.05, 4.69) is 38.8 Å². The molecule has 0 bridgehead atoms. The number of nitrogens with zero attached hydrogens (tertiary/aromatic N) is 1. The molecule has 0 aromatic heterocycles. The van der Waals surface area contributed by atoms with Crippen LogP contribution in [0.25, 0.3) is 0 Å². The highest BCUT2D eigenvalue weighted by molar-refractivity contribution is 5.56. The van der Waals surface area contributed by atoms with Crippen molar-refractivity contribution >= 4 is 11.8 Å². The molecule has 0 spiro atoms. The average Bonchev–Trinajstić information content (AvgIpc) is 2.18. The molecule has 0 heterocycles. The molecule has 0 saturated carbocycles. The molecule has 80 valence electrons. The van der Waals surface area contributed by atoms with Gasteiger partial charge in [0.15, 0.2) is 0 Å². The maximum Gasteiger partial charge on any atom is 0.240 e. The highest BCUT2D eigenvalue weighted by atomic mass is 16.1. The fourth-order valence-corrected chi connectivity index (χ4v) is 1.55. The van der Waals surface area contributed by atoms with Crippen LogP contribution in [0.4, 0.5) is 5.69 Å². The highest BCUT2D eigenvalue weighted by Crippen LogP contribution is 2.29. The van der Waals surface area contributed by atoms with Crippen LogP contribution in [0.1, 0.15) is 50.7 Å². The number of isocyanates is 1. The lowest BCUT2D eigenvalue weighted by molar-refractivity contribution is 0.565. The van der Waals surface area contributed by atoms with Crippen LogP contribution < -0.4 is 0 Å². The third-order valence-corrected chi connectivity index (χ3v) is 2.51. The van der Waals surface area contributed by atoms with E-state index in [1.807, 2.05) is 12.1 Å². The van der Waals surface area contributed by atoms with E-state index in [0.29, 0.717) is 11.8 Å². The zero-order valence-electron chi connectivity index (χ0n) is 9.74. The van der Waals surface area contributed by atoms with Crippen molar-refractivity contribution in [3.63, 3.8) is 0 Å². The highest BCUT2D eigenvalue weighted by Gasteiger charge is 2.08. The molecular formula is C13H17NO. The topological polar surface area (TPSA) is 29.4 Å². The van der Waals surface area contributed by atoms with Crippen LogP contribution >= 0.6 is 0 Å². The molecule has 0 aliphatic carbocycles. The molecule has 0 radical (unpaired) electrons. The summed E-state index contributed by atoms with van der Waals surface area (Å²) in [7, 11) is 0. The Balaban J connectivity index is 3.26. The zero-order chi connectivity index (χ0) is 11.4. The first kappa shape index (κ1) is 11.7. The molecule has 0 unspecified atom stereocenters. The van der Waals surface area contributed by atoms with Crippen molar-refractivity contribution in [2.24, 2.45) is 4.99 Å². The maximum atomic E-state index is 10.3. The average molecular weight is 203 g/mol. The van der Waals surface area contributed by atoms with Gasteiger partial charge >= 0.3 is 0 Å². The van der Waals surface area contributed by atoms with Crippen molar-refractivity contribution in [2.45, 2.75) is 39.5 Å². The van der Waals surface area contributed by atoms with Gasteiger partial charge in [-0.25, -0.2) is 4.79 Å². The summed E-state index contributed by atoms with van der Waals surface area (Å²) >= 11 is 0. The molecule has 2 nitrogen and oxygen atoms in total. The van der Waals surface area contributed by atoms with Crippen LogP contribution in [0.3, 0.4) is 0 Å². The van der Waals surface area contributed by atoms with Crippen LogP contribution in [0.15, 0.2) is 23.2 Å². The van der Waals surface area contributed by atoms with Crippen LogP contribution in [-0.2, 0) is 4.79 Å². The van der Waals surface area contributed by atoms with Crippen molar-refractivity contribution in [2.75, 3.05) is 0 Å². The van der Waals surface area contributed by atoms with E-state index in [4.69, 9.17) is 0 Å². The van der Waals surface area contributed by atoms with Crippen LogP contribution in [0, 0.1) is 0 Å². The first-order chi connectivity index (χ1) is 7.06. The van der Waals surface area contributed by atoms with Gasteiger partial charge in [0.2, 0.25) is 6.08 Å². The molecule has 0 aliphatic heterocycles. The minimum Gasteiger partial charge on any atom is -0.211 e. The lowest BCUT2D eigenvalue weighted by Gasteiger charge is -2.12. The summed E-state index contributed by atoms with van der Waals surface area (Å²) in [5.41, 5.74) is 3.14. The number of benzene rings is 1. The molecule has 2 heteroatoms. The van der Waals surface area contributed by atoms with Crippen LogP contribution in [0.5, 0.6) is 0 Å². The van der Waals surface area contributed by atoms with Crippen molar-refractivity contribution in [1.82, 2.24) is 0 Å². The van der Waals surface area contributed by atoms with Gasteiger partial charge in [-0.2, -0.15) is 4.99 Å². The van der Waals surface area contributed by atoms with Crippen molar-refractivity contribution in [3.8, 4) is 0 Å². The molecule has 0 amide bonds. The van der Waals surface area contributed by atoms with Gasteiger partial charge in [-0.05, 0) is 29.0 Å². The van der Waals surface area contributed by atoms with Crippen molar-refractivity contribution in [1.29, 1.82) is 0 Å². The molecule has 0 atom stereocenters. The number of hydrogen-bond acceptors (Lipinski definition) is 2. The summed E-state index contributed by atoms with van der Waals surface area (Å²) < 4.78 is 0. The van der Waals surface area contributed by atoms with E-state index in [0.717, 1.165) is 11.3 Å². The Morgan fingerprint density at radius 3 is 2.27 bits per heavy atom. The fraction of sp³-hybridized carbons (Fsp3) is 0.462. The van der Waals surface area contributed by atoms with E-state index < -0.39 is 0 Å². The SMILES string of the molecule is CC(C)c1ccc(N=C=O)c(C(C)C)c1. The third-order valence-electron chi connectivity index (χ3n) is 2.51. The summed E-state index contributed by atoms with van der Waals surface area (Å²) in [4.78, 5) is 14.0. The number of rotatable bonds is 3. The van der Waals surface area contributed by atoms with E-state index in [1.54, 1.807) is 6.08 Å². The summed E-state index contributed by atoms with van der Waals surface area (Å²) in [5, 5.41) is 0. The monoisotopic (exact) mass is 203 g/mol. The van der Waals surface area contributed by atoms with Crippen molar-refractivity contribution < 1.29 is 4.79 Å². The predicted octanol–water partition coefficient (Wildman–Crippen LogP) is 3.90. The minimum absolute atomic E-state index is 0.371. The Kier molecular flexibility index (Phi) is 3.81. The van der Waals surface area contributed by atoms with E-state index in [9.17, 15) is 4.79 Å². The van der Waals surface area contributed by atoms with Crippen molar-refractivity contribution in [3.05, 3.63) is 29.3 Å². The quantitative estimate of drug-likeness (QED) is 0.541. The number of aliphatic imine (C=N–C) groups is 1. The lowest BCUT2D eigenvalue weighted by atomic mass is 9.94. The summed E-state index contributed by atoms with van der Waals surface area (Å²) in [5.74, 6) is 0.868. The molecule has 1 aromatic rings. The smallest absolute Gasteiger partial charge is 0.211 e. The summed E-state index contributed by atoms with van der Waals surface area (Å²) in [6.07, 6.45) is 1.60. The van der Waals surface area contributed by atoms with E-state index in [-0.39, 0.29) is 0 Å². The van der Waals surface area contributed by atoms with Gasteiger partial charge in [-0.3, -0.25) is 0 Å². The Morgan fingerprint density at radius 2 is 1.80 bits per heavy atom. The summed E-state index contributed by atoms with van der Waals surface area (Å²) in [6, 6.07) is 6.05. The van der Waals surface area contributed by atoms with E-state index in [1.165, 1.54) is 5.56 Å². The second kappa shape index (κ2) is 4.90. The summed E-state index contributed by atoms with van der Waals surface area (Å²) in [6.45, 7) is 8.51. The Labute approximate surface area is 91.0 Å². The largest absolute Gasteiger partial charge is 0.240 e. The minimum atomic E-state index is 0.371. The number of hydrogen-bond donors (Lipinski definition) is 0. The van der Waals surface area contributed by atoms with E-state index >= 15 is 0 Å². The predicted molar refractivity (Wildman–Crippen MR) is 62.4 cm³/mol. The molecule has 1 aromatic carbocycles.